The van der Waals surface area contributed by atoms with Gasteiger partial charge in [-0.3, -0.25) is 0 Å². The lowest BCUT2D eigenvalue weighted by Crippen LogP contribution is -2.19. The first-order valence-electron chi connectivity index (χ1n) is 9.42. The molecule has 184 valence electrons. The minimum Gasteiger partial charge on any atom is -0.385 e. The van der Waals surface area contributed by atoms with Crippen LogP contribution in [0.4, 0.5) is 43.9 Å². The first kappa shape index (κ1) is 25.5. The number of nitrogens with zero attached hydrogens (tertiary/aromatic N) is 1. The van der Waals surface area contributed by atoms with E-state index in [1.54, 1.807) is 0 Å². The van der Waals surface area contributed by atoms with Crippen molar-refractivity contribution in [3.63, 3.8) is 0 Å². The van der Waals surface area contributed by atoms with Crippen molar-refractivity contribution in [1.82, 2.24) is 5.16 Å². The first-order chi connectivity index (χ1) is 15.9. The number of aromatic nitrogens is 1. The minimum absolute atomic E-state index is 0.0242. The van der Waals surface area contributed by atoms with Gasteiger partial charge in [-0.05, 0) is 19.8 Å². The largest absolute Gasteiger partial charge is 0.385 e. The van der Waals surface area contributed by atoms with Crippen molar-refractivity contribution in [1.29, 1.82) is 0 Å². The van der Waals surface area contributed by atoms with Crippen LogP contribution < -0.4 is 0 Å². The molecule has 34 heavy (non-hydrogen) atoms. The zero-order valence-corrected chi connectivity index (χ0v) is 17.2. The molecule has 0 aliphatic carbocycles. The summed E-state index contributed by atoms with van der Waals surface area (Å²) in [5.74, 6) is -29.1. The van der Waals surface area contributed by atoms with Crippen LogP contribution in [0.2, 0.25) is 0 Å². The molecule has 2 aromatic carbocycles. The zero-order chi connectivity index (χ0) is 25.5. The van der Waals surface area contributed by atoms with Gasteiger partial charge in [0.1, 0.15) is 0 Å². The van der Waals surface area contributed by atoms with Gasteiger partial charge < -0.3 is 9.26 Å². The molecule has 1 aromatic heterocycles. The van der Waals surface area contributed by atoms with E-state index in [1.165, 1.54) is 14.0 Å². The molecule has 0 N–H and O–H groups in total. The fraction of sp³-hybridized carbons (Fsp3) is 0.286. The number of benzene rings is 2. The Kier molecular flexibility index (Phi) is 7.24. The van der Waals surface area contributed by atoms with Crippen LogP contribution in [-0.4, -0.2) is 18.9 Å². The highest BCUT2D eigenvalue weighted by atomic mass is 19.2. The van der Waals surface area contributed by atoms with Crippen LogP contribution in [0.3, 0.4) is 0 Å². The molecule has 3 nitrogen and oxygen atoms in total. The molecule has 0 saturated heterocycles. The first-order valence-corrected chi connectivity index (χ1v) is 9.42. The van der Waals surface area contributed by atoms with Crippen LogP contribution >= 0.6 is 0 Å². The second kappa shape index (κ2) is 9.65. The smallest absolute Gasteiger partial charge is 0.200 e. The maximum absolute atomic E-state index is 14.7. The fourth-order valence-electron chi connectivity index (χ4n) is 3.49. The molecule has 3 aromatic rings. The molecule has 1 heterocycles. The van der Waals surface area contributed by atoms with E-state index < -0.39 is 81.0 Å². The van der Waals surface area contributed by atoms with Crippen molar-refractivity contribution in [2.24, 2.45) is 0 Å². The summed E-state index contributed by atoms with van der Waals surface area (Å²) < 4.78 is 152. The third kappa shape index (κ3) is 4.01. The molecule has 0 fully saturated rings. The van der Waals surface area contributed by atoms with E-state index >= 15 is 0 Å². The van der Waals surface area contributed by atoms with Crippen LogP contribution in [0, 0.1) is 65.1 Å². The summed E-state index contributed by atoms with van der Waals surface area (Å²) in [6.07, 6.45) is 0.0479. The number of methoxy groups -OCH3 is 1. The summed E-state index contributed by atoms with van der Waals surface area (Å²) in [6, 6.07) is 0. The molecule has 0 atom stereocenters. The normalized spacial score (nSPS) is 11.7. The van der Waals surface area contributed by atoms with Gasteiger partial charge in [0.05, 0.1) is 11.6 Å². The second-order valence-corrected chi connectivity index (χ2v) is 7.11. The van der Waals surface area contributed by atoms with Gasteiger partial charge in [-0.15, -0.1) is 0 Å². The molecule has 0 spiro atoms. The van der Waals surface area contributed by atoms with Crippen molar-refractivity contribution >= 4 is 0 Å². The van der Waals surface area contributed by atoms with Gasteiger partial charge in [-0.2, -0.15) is 0 Å². The SMILES string of the molecule is COCCCc1c(C)noc1C(c1c(F)c(F)c(F)c(F)c1F)c1c(F)c(F)c(F)c(F)c1F. The molecule has 3 rings (SSSR count). The third-order valence-electron chi connectivity index (χ3n) is 5.12. The maximum atomic E-state index is 14.7. The summed E-state index contributed by atoms with van der Waals surface area (Å²) in [4.78, 5) is 0. The molecule has 0 radical (unpaired) electrons. The molecular weight excluding hydrogens is 488 g/mol. The van der Waals surface area contributed by atoms with Crippen LogP contribution in [0.25, 0.3) is 0 Å². The molecule has 0 saturated carbocycles. The monoisotopic (exact) mass is 501 g/mol. The maximum Gasteiger partial charge on any atom is 0.200 e. The van der Waals surface area contributed by atoms with Crippen LogP contribution in [-0.2, 0) is 11.2 Å². The molecule has 0 unspecified atom stereocenters. The summed E-state index contributed by atoms with van der Waals surface area (Å²) in [5.41, 5.74) is -3.91. The van der Waals surface area contributed by atoms with E-state index in [9.17, 15) is 43.9 Å². The van der Waals surface area contributed by atoms with E-state index in [4.69, 9.17) is 9.26 Å². The number of rotatable bonds is 7. The quantitative estimate of drug-likeness (QED) is 0.169. The summed E-state index contributed by atoms with van der Waals surface area (Å²) in [6.45, 7) is 1.38. The van der Waals surface area contributed by atoms with Gasteiger partial charge in [0.15, 0.2) is 52.3 Å². The predicted octanol–water partition coefficient (Wildman–Crippen LogP) is 6.13. The van der Waals surface area contributed by atoms with Crippen molar-refractivity contribution < 1.29 is 53.2 Å². The number of halogens is 10. The topological polar surface area (TPSA) is 35.3 Å². The number of ether oxygens (including phenoxy) is 1. The second-order valence-electron chi connectivity index (χ2n) is 7.11. The van der Waals surface area contributed by atoms with Crippen molar-refractivity contribution in [2.45, 2.75) is 25.7 Å². The Hall–Kier alpha value is -3.09. The Labute approximate surface area is 184 Å². The van der Waals surface area contributed by atoms with E-state index in [0.29, 0.717) is 0 Å². The average molecular weight is 501 g/mol. The number of hydrogen-bond donors (Lipinski definition) is 0. The Bertz CT molecular complexity index is 1130. The Balaban J connectivity index is 2.46. The van der Waals surface area contributed by atoms with Gasteiger partial charge >= 0.3 is 0 Å². The molecular formula is C21H13F10NO2. The zero-order valence-electron chi connectivity index (χ0n) is 17.2. The van der Waals surface area contributed by atoms with Crippen molar-refractivity contribution in [3.05, 3.63) is 86.3 Å². The fourth-order valence-corrected chi connectivity index (χ4v) is 3.49. The molecule has 0 bridgehead atoms. The Morgan fingerprint density at radius 1 is 0.676 bits per heavy atom. The minimum atomic E-state index is -2.78. The summed E-state index contributed by atoms with van der Waals surface area (Å²) in [5, 5.41) is 3.48. The van der Waals surface area contributed by atoms with Crippen LogP contribution in [0.1, 0.15) is 40.5 Å². The molecule has 13 heteroatoms. The Morgan fingerprint density at radius 3 is 1.44 bits per heavy atom. The van der Waals surface area contributed by atoms with Gasteiger partial charge in [-0.25, -0.2) is 43.9 Å². The van der Waals surface area contributed by atoms with E-state index in [2.05, 4.69) is 5.16 Å². The highest BCUT2D eigenvalue weighted by molar-refractivity contribution is 5.46. The van der Waals surface area contributed by atoms with Crippen LogP contribution in [0.15, 0.2) is 4.52 Å². The van der Waals surface area contributed by atoms with E-state index in [0.717, 1.165) is 0 Å². The average Bonchev–Trinajstić information content (AvgIpc) is 3.18. The van der Waals surface area contributed by atoms with Gasteiger partial charge in [-0.1, -0.05) is 5.16 Å². The van der Waals surface area contributed by atoms with Gasteiger partial charge in [0.25, 0.3) is 0 Å². The highest BCUT2D eigenvalue weighted by Crippen LogP contribution is 2.43. The lowest BCUT2D eigenvalue weighted by atomic mass is 9.84. The van der Waals surface area contributed by atoms with Crippen LogP contribution in [0.5, 0.6) is 0 Å². The highest BCUT2D eigenvalue weighted by Gasteiger charge is 2.41. The van der Waals surface area contributed by atoms with Crippen molar-refractivity contribution in [3.8, 4) is 0 Å². The summed E-state index contributed by atoms with van der Waals surface area (Å²) >= 11 is 0. The number of aryl methyl sites for hydroxylation is 1. The van der Waals surface area contributed by atoms with E-state index in [-0.39, 0.29) is 30.7 Å². The lowest BCUT2D eigenvalue weighted by Gasteiger charge is -2.21. The van der Waals surface area contributed by atoms with E-state index in [1.807, 2.05) is 0 Å². The standard InChI is InChI=1S/C21H13F10NO2/c1-6-7(4-3-5-33-2)21(34-32-6)8(9-11(22)15(26)19(30)16(27)12(9)23)10-13(24)17(28)20(31)18(29)14(10)25/h8H,3-5H2,1-2H3. The summed E-state index contributed by atoms with van der Waals surface area (Å²) in [7, 11) is 1.33. The molecule has 0 aliphatic heterocycles. The Morgan fingerprint density at radius 2 is 1.06 bits per heavy atom. The predicted molar refractivity (Wildman–Crippen MR) is 94.8 cm³/mol. The third-order valence-corrected chi connectivity index (χ3v) is 5.12. The lowest BCUT2D eigenvalue weighted by molar-refractivity contribution is 0.195. The van der Waals surface area contributed by atoms with Gasteiger partial charge in [0, 0.05) is 30.4 Å². The van der Waals surface area contributed by atoms with Gasteiger partial charge in [0.2, 0.25) is 11.6 Å². The van der Waals surface area contributed by atoms with Crippen molar-refractivity contribution in [2.75, 3.05) is 13.7 Å². The molecule has 0 amide bonds. The number of hydrogen-bond acceptors (Lipinski definition) is 3. The molecule has 0 aliphatic rings.